The Balaban J connectivity index is 1.47. The molecule has 3 heterocycles. The van der Waals surface area contributed by atoms with Gasteiger partial charge in [-0.15, -0.1) is 0 Å². The molecule has 2 atom stereocenters. The molecule has 7 heteroatoms. The van der Waals surface area contributed by atoms with Crippen molar-refractivity contribution in [1.82, 2.24) is 15.0 Å². The van der Waals surface area contributed by atoms with Gasteiger partial charge in [0.1, 0.15) is 11.9 Å². The number of hydrogen-bond acceptors (Lipinski definition) is 5. The van der Waals surface area contributed by atoms with E-state index in [-0.39, 0.29) is 35.5 Å². The lowest BCUT2D eigenvalue weighted by molar-refractivity contribution is -0.134. The van der Waals surface area contributed by atoms with Crippen molar-refractivity contribution >= 4 is 11.8 Å². The lowest BCUT2D eigenvalue weighted by atomic mass is 9.90. The minimum absolute atomic E-state index is 0.0742. The van der Waals surface area contributed by atoms with Crippen LogP contribution in [0.4, 0.5) is 0 Å². The van der Waals surface area contributed by atoms with Gasteiger partial charge in [-0.25, -0.2) is 0 Å². The fourth-order valence-electron chi connectivity index (χ4n) is 4.53. The van der Waals surface area contributed by atoms with Crippen LogP contribution in [0.3, 0.4) is 0 Å². The van der Waals surface area contributed by atoms with Gasteiger partial charge in [0, 0.05) is 51.0 Å². The van der Waals surface area contributed by atoms with Crippen molar-refractivity contribution < 1.29 is 18.8 Å². The van der Waals surface area contributed by atoms with Crippen LogP contribution < -0.4 is 4.74 Å². The molecule has 172 valence electrons. The van der Waals surface area contributed by atoms with Crippen LogP contribution in [-0.2, 0) is 4.79 Å². The van der Waals surface area contributed by atoms with Crippen molar-refractivity contribution in [1.29, 1.82) is 0 Å². The summed E-state index contributed by atoms with van der Waals surface area (Å²) in [4.78, 5) is 29.9. The van der Waals surface area contributed by atoms with Crippen molar-refractivity contribution in [3.05, 3.63) is 47.9 Å². The number of ether oxygens (including phenoxy) is 1. The van der Waals surface area contributed by atoms with Crippen LogP contribution in [0.5, 0.6) is 5.75 Å². The number of carbonyl (C=O) groups is 2. The smallest absolute Gasteiger partial charge is 0.292 e. The summed E-state index contributed by atoms with van der Waals surface area (Å²) in [7, 11) is 0. The largest absolute Gasteiger partial charge is 0.490 e. The lowest BCUT2D eigenvalue weighted by Gasteiger charge is -2.39. The zero-order valence-electron chi connectivity index (χ0n) is 19.0. The minimum Gasteiger partial charge on any atom is -0.490 e. The first-order valence-electron chi connectivity index (χ1n) is 11.8. The molecule has 2 aliphatic heterocycles. The molecule has 0 unspecified atom stereocenters. The fraction of sp³-hybridized carbons (Fsp3) is 0.560. The highest BCUT2D eigenvalue weighted by Crippen LogP contribution is 2.28. The van der Waals surface area contributed by atoms with Gasteiger partial charge in [0.2, 0.25) is 11.7 Å². The Bertz CT molecular complexity index is 905. The van der Waals surface area contributed by atoms with Gasteiger partial charge in [0.25, 0.3) is 5.91 Å². The molecule has 0 spiro atoms. The summed E-state index contributed by atoms with van der Waals surface area (Å²) in [6.07, 6.45) is 4.25. The minimum atomic E-state index is -0.169. The standard InChI is InChI=1S/C25H33N3O4/c1-18(2)21-16-23(32-26-21)25(30)28-14-11-22(31-20-9-5-3-6-10-20)19(17-28)15-24(29)27-12-7-4-8-13-27/h3,5-6,9-10,16,18-19,22H,4,7-8,11-15,17H2,1-2H3/t19-,22-/m0/s1. The maximum absolute atomic E-state index is 13.1. The number of likely N-dealkylation sites (tertiary alicyclic amines) is 2. The van der Waals surface area contributed by atoms with Crippen molar-refractivity contribution in [2.45, 2.75) is 58.0 Å². The molecule has 2 saturated heterocycles. The van der Waals surface area contributed by atoms with Crippen LogP contribution >= 0.6 is 0 Å². The number of hydrogen-bond donors (Lipinski definition) is 0. The van der Waals surface area contributed by atoms with Gasteiger partial charge in [-0.3, -0.25) is 9.59 Å². The zero-order chi connectivity index (χ0) is 22.5. The van der Waals surface area contributed by atoms with E-state index in [1.807, 2.05) is 49.1 Å². The summed E-state index contributed by atoms with van der Waals surface area (Å²) in [5.41, 5.74) is 0.771. The number of benzene rings is 1. The first-order chi connectivity index (χ1) is 15.5. The van der Waals surface area contributed by atoms with E-state index in [9.17, 15) is 9.59 Å². The van der Waals surface area contributed by atoms with Gasteiger partial charge in [0.15, 0.2) is 0 Å². The van der Waals surface area contributed by atoms with Crippen LogP contribution in [0, 0.1) is 5.92 Å². The summed E-state index contributed by atoms with van der Waals surface area (Å²) in [5.74, 6) is 1.17. The molecule has 2 fully saturated rings. The molecule has 7 nitrogen and oxygen atoms in total. The van der Waals surface area contributed by atoms with Crippen molar-refractivity contribution in [3.8, 4) is 5.75 Å². The van der Waals surface area contributed by atoms with E-state index in [1.165, 1.54) is 6.42 Å². The number of para-hydroxylation sites is 1. The van der Waals surface area contributed by atoms with E-state index in [4.69, 9.17) is 9.26 Å². The zero-order valence-corrected chi connectivity index (χ0v) is 19.0. The van der Waals surface area contributed by atoms with Gasteiger partial charge in [-0.1, -0.05) is 37.2 Å². The van der Waals surface area contributed by atoms with E-state index in [0.717, 1.165) is 37.4 Å². The third-order valence-corrected chi connectivity index (χ3v) is 6.46. The van der Waals surface area contributed by atoms with Crippen LogP contribution in [0.25, 0.3) is 0 Å². The second kappa shape index (κ2) is 10.2. The van der Waals surface area contributed by atoms with Gasteiger partial charge in [0.05, 0.1) is 5.69 Å². The summed E-state index contributed by atoms with van der Waals surface area (Å²) >= 11 is 0. The van der Waals surface area contributed by atoms with E-state index in [2.05, 4.69) is 5.16 Å². The number of carbonyl (C=O) groups excluding carboxylic acids is 2. The number of aromatic nitrogens is 1. The molecule has 1 aromatic carbocycles. The van der Waals surface area contributed by atoms with Crippen molar-refractivity contribution in [2.24, 2.45) is 5.92 Å². The summed E-state index contributed by atoms with van der Waals surface area (Å²) in [5, 5.41) is 4.02. The van der Waals surface area contributed by atoms with Crippen LogP contribution in [-0.4, -0.2) is 59.1 Å². The third-order valence-electron chi connectivity index (χ3n) is 6.46. The van der Waals surface area contributed by atoms with Crippen LogP contribution in [0.15, 0.2) is 40.9 Å². The lowest BCUT2D eigenvalue weighted by Crippen LogP contribution is -2.49. The fourth-order valence-corrected chi connectivity index (χ4v) is 4.53. The van der Waals surface area contributed by atoms with Gasteiger partial charge in [-0.05, 0) is 37.3 Å². The SMILES string of the molecule is CC(C)c1cc(C(=O)N2CC[C@H](Oc3ccccc3)[C@@H](CC(=O)N3CCCCC3)C2)on1. The number of amides is 2. The Kier molecular flexibility index (Phi) is 7.12. The maximum Gasteiger partial charge on any atom is 0.292 e. The first-order valence-corrected chi connectivity index (χ1v) is 11.8. The molecule has 0 bridgehead atoms. The second-order valence-corrected chi connectivity index (χ2v) is 9.19. The molecule has 2 amide bonds. The first kappa shape index (κ1) is 22.4. The van der Waals surface area contributed by atoms with Gasteiger partial charge in [-0.2, -0.15) is 0 Å². The van der Waals surface area contributed by atoms with E-state index < -0.39 is 0 Å². The summed E-state index contributed by atoms with van der Waals surface area (Å²) in [6.45, 7) is 6.71. The van der Waals surface area contributed by atoms with E-state index in [1.54, 1.807) is 11.0 Å². The molecule has 0 N–H and O–H groups in total. The molecule has 0 saturated carbocycles. The highest BCUT2D eigenvalue weighted by molar-refractivity contribution is 5.91. The Morgan fingerprint density at radius 1 is 1.09 bits per heavy atom. The monoisotopic (exact) mass is 439 g/mol. The quantitative estimate of drug-likeness (QED) is 0.677. The summed E-state index contributed by atoms with van der Waals surface area (Å²) in [6, 6.07) is 11.4. The molecule has 4 rings (SSSR count). The predicted octanol–water partition coefficient (Wildman–Crippen LogP) is 4.11. The molecule has 2 aromatic rings. The summed E-state index contributed by atoms with van der Waals surface area (Å²) < 4.78 is 11.6. The van der Waals surface area contributed by atoms with E-state index >= 15 is 0 Å². The molecular formula is C25H33N3O4. The predicted molar refractivity (Wildman–Crippen MR) is 121 cm³/mol. The topological polar surface area (TPSA) is 75.9 Å². The number of piperidine rings is 2. The second-order valence-electron chi connectivity index (χ2n) is 9.19. The highest BCUT2D eigenvalue weighted by atomic mass is 16.5. The van der Waals surface area contributed by atoms with Crippen LogP contribution in [0.1, 0.15) is 68.1 Å². The molecule has 1 aromatic heterocycles. The molecule has 0 radical (unpaired) electrons. The van der Waals surface area contributed by atoms with Crippen LogP contribution in [0.2, 0.25) is 0 Å². The molecule has 0 aliphatic carbocycles. The Morgan fingerprint density at radius 2 is 1.84 bits per heavy atom. The van der Waals surface area contributed by atoms with Gasteiger partial charge >= 0.3 is 0 Å². The molecular weight excluding hydrogens is 406 g/mol. The molecule has 2 aliphatic rings. The maximum atomic E-state index is 13.1. The third kappa shape index (κ3) is 5.31. The van der Waals surface area contributed by atoms with Crippen molar-refractivity contribution in [3.63, 3.8) is 0 Å². The van der Waals surface area contributed by atoms with Gasteiger partial charge < -0.3 is 19.1 Å². The van der Waals surface area contributed by atoms with E-state index in [0.29, 0.717) is 25.9 Å². The average molecular weight is 440 g/mol. The Morgan fingerprint density at radius 3 is 2.53 bits per heavy atom. The normalized spacial score (nSPS) is 21.6. The number of nitrogens with zero attached hydrogens (tertiary/aromatic N) is 3. The van der Waals surface area contributed by atoms with Crippen molar-refractivity contribution in [2.75, 3.05) is 26.2 Å². The Labute approximate surface area is 189 Å². The average Bonchev–Trinajstić information content (AvgIpc) is 3.32. The Hall–Kier alpha value is -2.83. The highest BCUT2D eigenvalue weighted by Gasteiger charge is 2.36. The number of rotatable bonds is 6. The molecule has 32 heavy (non-hydrogen) atoms.